The molecule has 0 aliphatic rings. The summed E-state index contributed by atoms with van der Waals surface area (Å²) < 4.78 is 15.5. The first-order valence-electron chi connectivity index (χ1n) is 7.20. The molecule has 0 bridgehead atoms. The number of ether oxygens (including phenoxy) is 3. The highest BCUT2D eigenvalue weighted by atomic mass is 16.5. The second-order valence-electron chi connectivity index (χ2n) is 4.84. The summed E-state index contributed by atoms with van der Waals surface area (Å²) >= 11 is 0. The van der Waals surface area contributed by atoms with Crippen molar-refractivity contribution in [2.75, 3.05) is 21.3 Å². The Balaban J connectivity index is 2.16. The van der Waals surface area contributed by atoms with E-state index in [1.807, 2.05) is 0 Å². The number of phenolic OH excluding ortho intramolecular Hbond substituents is 1. The summed E-state index contributed by atoms with van der Waals surface area (Å²) in [5.41, 5.74) is 4.72. The van der Waals surface area contributed by atoms with Crippen LogP contribution in [0.15, 0.2) is 36.4 Å². The lowest BCUT2D eigenvalue weighted by Crippen LogP contribution is -2.41. The van der Waals surface area contributed by atoms with Crippen molar-refractivity contribution < 1.29 is 28.9 Å². The molecule has 0 aromatic heterocycles. The highest BCUT2D eigenvalue weighted by Crippen LogP contribution is 2.38. The first-order valence-corrected chi connectivity index (χ1v) is 7.20. The van der Waals surface area contributed by atoms with Gasteiger partial charge < -0.3 is 19.3 Å². The number of benzene rings is 2. The average Bonchev–Trinajstić information content (AvgIpc) is 2.64. The van der Waals surface area contributed by atoms with Crippen LogP contribution >= 0.6 is 0 Å². The van der Waals surface area contributed by atoms with E-state index in [1.165, 1.54) is 45.6 Å². The van der Waals surface area contributed by atoms with Crippen LogP contribution in [0.4, 0.5) is 0 Å². The SMILES string of the molecule is COc1cc(C(=O)NNC(=O)c2ccccc2O)cc(OC)c1OC. The lowest BCUT2D eigenvalue weighted by Gasteiger charge is -2.14. The fourth-order valence-electron chi connectivity index (χ4n) is 2.13. The zero-order chi connectivity index (χ0) is 18.4. The summed E-state index contributed by atoms with van der Waals surface area (Å²) in [4.78, 5) is 24.3. The van der Waals surface area contributed by atoms with Crippen LogP contribution in [0.25, 0.3) is 0 Å². The molecule has 8 nitrogen and oxygen atoms in total. The Hall–Kier alpha value is -3.42. The Morgan fingerprint density at radius 3 is 1.96 bits per heavy atom. The number of para-hydroxylation sites is 1. The smallest absolute Gasteiger partial charge is 0.273 e. The molecule has 0 aliphatic heterocycles. The number of carbonyl (C=O) groups is 2. The molecule has 2 amide bonds. The first-order chi connectivity index (χ1) is 12.0. The normalized spacial score (nSPS) is 9.88. The van der Waals surface area contributed by atoms with Gasteiger partial charge in [-0.15, -0.1) is 0 Å². The fourth-order valence-corrected chi connectivity index (χ4v) is 2.13. The molecule has 0 atom stereocenters. The molecule has 2 rings (SSSR count). The van der Waals surface area contributed by atoms with Gasteiger partial charge in [-0.2, -0.15) is 0 Å². The molecular formula is C17H18N2O6. The predicted octanol–water partition coefficient (Wildman–Crippen LogP) is 1.49. The van der Waals surface area contributed by atoms with Crippen molar-refractivity contribution in [2.24, 2.45) is 0 Å². The molecule has 2 aromatic carbocycles. The van der Waals surface area contributed by atoms with E-state index in [4.69, 9.17) is 14.2 Å². The van der Waals surface area contributed by atoms with E-state index < -0.39 is 11.8 Å². The number of phenols is 1. The second-order valence-corrected chi connectivity index (χ2v) is 4.84. The molecule has 0 fully saturated rings. The third-order valence-corrected chi connectivity index (χ3v) is 3.37. The maximum absolute atomic E-state index is 12.3. The minimum Gasteiger partial charge on any atom is -0.507 e. The Kier molecular flexibility index (Phi) is 5.67. The molecule has 0 unspecified atom stereocenters. The lowest BCUT2D eigenvalue weighted by molar-refractivity contribution is 0.0844. The maximum atomic E-state index is 12.3. The number of methoxy groups -OCH3 is 3. The van der Waals surface area contributed by atoms with Crippen molar-refractivity contribution >= 4 is 11.8 Å². The largest absolute Gasteiger partial charge is 0.507 e. The van der Waals surface area contributed by atoms with Gasteiger partial charge in [0, 0.05) is 5.56 Å². The van der Waals surface area contributed by atoms with Crippen LogP contribution in [-0.4, -0.2) is 38.3 Å². The van der Waals surface area contributed by atoms with Crippen molar-refractivity contribution in [3.8, 4) is 23.0 Å². The highest BCUT2D eigenvalue weighted by Gasteiger charge is 2.18. The van der Waals surface area contributed by atoms with Crippen molar-refractivity contribution in [1.29, 1.82) is 0 Å². The van der Waals surface area contributed by atoms with Crippen LogP contribution in [0, 0.1) is 0 Å². The minimum atomic E-state index is -0.654. The standard InChI is InChI=1S/C17H18N2O6/c1-23-13-8-10(9-14(24-2)15(13)25-3)16(21)18-19-17(22)11-6-4-5-7-12(11)20/h4-9,20H,1-3H3,(H,18,21)(H,19,22). The number of rotatable bonds is 5. The zero-order valence-electron chi connectivity index (χ0n) is 14.0. The van der Waals surface area contributed by atoms with Gasteiger partial charge in [-0.05, 0) is 24.3 Å². The molecule has 8 heteroatoms. The van der Waals surface area contributed by atoms with Gasteiger partial charge in [-0.3, -0.25) is 20.4 Å². The number of carbonyl (C=O) groups excluding carboxylic acids is 2. The van der Waals surface area contributed by atoms with Crippen LogP contribution in [0.1, 0.15) is 20.7 Å². The molecule has 0 aliphatic carbocycles. The van der Waals surface area contributed by atoms with Crippen molar-refractivity contribution in [1.82, 2.24) is 10.9 Å². The third kappa shape index (κ3) is 3.92. The minimum absolute atomic E-state index is 0.0349. The molecule has 0 radical (unpaired) electrons. The van der Waals surface area contributed by atoms with Crippen LogP contribution in [0.5, 0.6) is 23.0 Å². The Morgan fingerprint density at radius 1 is 0.880 bits per heavy atom. The average molecular weight is 346 g/mol. The van der Waals surface area contributed by atoms with Gasteiger partial charge in [-0.25, -0.2) is 0 Å². The van der Waals surface area contributed by atoms with Gasteiger partial charge in [0.25, 0.3) is 11.8 Å². The summed E-state index contributed by atoms with van der Waals surface area (Å²) in [6.07, 6.45) is 0. The van der Waals surface area contributed by atoms with Gasteiger partial charge in [-0.1, -0.05) is 12.1 Å². The highest BCUT2D eigenvalue weighted by molar-refractivity contribution is 6.00. The summed E-state index contributed by atoms with van der Waals surface area (Å²) in [5, 5.41) is 9.64. The quantitative estimate of drug-likeness (QED) is 0.708. The molecule has 2 aromatic rings. The van der Waals surface area contributed by atoms with Crippen molar-refractivity contribution in [3.63, 3.8) is 0 Å². The predicted molar refractivity (Wildman–Crippen MR) is 89.1 cm³/mol. The van der Waals surface area contributed by atoms with E-state index in [0.29, 0.717) is 17.2 Å². The number of hydrazine groups is 1. The van der Waals surface area contributed by atoms with Crippen LogP contribution in [0.3, 0.4) is 0 Å². The third-order valence-electron chi connectivity index (χ3n) is 3.37. The van der Waals surface area contributed by atoms with Gasteiger partial charge in [0.05, 0.1) is 26.9 Å². The van der Waals surface area contributed by atoms with Gasteiger partial charge in [0.2, 0.25) is 5.75 Å². The van der Waals surface area contributed by atoms with Crippen LogP contribution in [0.2, 0.25) is 0 Å². The Bertz CT molecular complexity index is 765. The Morgan fingerprint density at radius 2 is 1.44 bits per heavy atom. The van der Waals surface area contributed by atoms with Gasteiger partial charge in [0.1, 0.15) is 5.75 Å². The monoisotopic (exact) mass is 346 g/mol. The molecule has 3 N–H and O–H groups in total. The summed E-state index contributed by atoms with van der Waals surface area (Å²) in [7, 11) is 4.31. The molecule has 0 saturated heterocycles. The van der Waals surface area contributed by atoms with E-state index in [0.717, 1.165) is 0 Å². The fraction of sp³-hybridized carbons (Fsp3) is 0.176. The number of amides is 2. The van der Waals surface area contributed by atoms with E-state index in [9.17, 15) is 14.7 Å². The summed E-state index contributed by atoms with van der Waals surface area (Å²) in [5.74, 6) is -0.484. The first kappa shape index (κ1) is 17.9. The second kappa shape index (κ2) is 7.91. The number of hydrogen-bond acceptors (Lipinski definition) is 6. The van der Waals surface area contributed by atoms with E-state index in [2.05, 4.69) is 10.9 Å². The summed E-state index contributed by atoms with van der Waals surface area (Å²) in [6, 6.07) is 8.87. The Labute approximate surface area is 144 Å². The number of hydrogen-bond donors (Lipinski definition) is 3. The lowest BCUT2D eigenvalue weighted by atomic mass is 10.1. The maximum Gasteiger partial charge on any atom is 0.273 e. The topological polar surface area (TPSA) is 106 Å². The number of nitrogens with one attached hydrogen (secondary N) is 2. The van der Waals surface area contributed by atoms with Crippen molar-refractivity contribution in [3.05, 3.63) is 47.5 Å². The molecule has 0 saturated carbocycles. The molecular weight excluding hydrogens is 328 g/mol. The van der Waals surface area contributed by atoms with E-state index >= 15 is 0 Å². The zero-order valence-corrected chi connectivity index (χ0v) is 14.0. The van der Waals surface area contributed by atoms with Gasteiger partial charge >= 0.3 is 0 Å². The molecule has 25 heavy (non-hydrogen) atoms. The van der Waals surface area contributed by atoms with E-state index in [1.54, 1.807) is 12.1 Å². The van der Waals surface area contributed by atoms with Crippen LogP contribution in [-0.2, 0) is 0 Å². The van der Waals surface area contributed by atoms with Crippen LogP contribution < -0.4 is 25.1 Å². The van der Waals surface area contributed by atoms with Crippen molar-refractivity contribution in [2.45, 2.75) is 0 Å². The molecule has 132 valence electrons. The van der Waals surface area contributed by atoms with Gasteiger partial charge in [0.15, 0.2) is 11.5 Å². The molecule has 0 heterocycles. The molecule has 0 spiro atoms. The van der Waals surface area contributed by atoms with E-state index in [-0.39, 0.29) is 16.9 Å². The number of aromatic hydroxyl groups is 1. The summed E-state index contributed by atoms with van der Waals surface area (Å²) in [6.45, 7) is 0.